The Morgan fingerprint density at radius 2 is 1.76 bits per heavy atom. The first-order valence-corrected chi connectivity index (χ1v) is 5.83. The molecule has 0 aliphatic rings. The molecule has 2 amide bonds. The minimum absolute atomic E-state index is 0.0110. The molecule has 1 atom stereocenters. The maximum atomic E-state index is 11.7. The summed E-state index contributed by atoms with van der Waals surface area (Å²) in [6.07, 6.45) is 0. The average molecular weight is 244 g/mol. The molecule has 100 valence electrons. The summed E-state index contributed by atoms with van der Waals surface area (Å²) in [6.45, 7) is 10.3. The number of carboxylic acids is 1. The Kier molecular flexibility index (Phi) is 5.45. The van der Waals surface area contributed by atoms with Gasteiger partial charge in [0.1, 0.15) is 6.04 Å². The van der Waals surface area contributed by atoms with Crippen LogP contribution >= 0.6 is 0 Å². The maximum absolute atomic E-state index is 11.7. The number of hydrogen-bond acceptors (Lipinski definition) is 2. The first kappa shape index (κ1) is 15.7. The van der Waals surface area contributed by atoms with Crippen molar-refractivity contribution in [3.8, 4) is 0 Å². The fraction of sp³-hybridized carbons (Fsp3) is 0.833. The van der Waals surface area contributed by atoms with E-state index >= 15 is 0 Å². The van der Waals surface area contributed by atoms with Gasteiger partial charge in [0, 0.05) is 13.6 Å². The van der Waals surface area contributed by atoms with Crippen LogP contribution in [0.3, 0.4) is 0 Å². The Bertz CT molecular complexity index is 287. The molecule has 0 rings (SSSR count). The van der Waals surface area contributed by atoms with E-state index in [1.165, 1.54) is 18.9 Å². The van der Waals surface area contributed by atoms with Crippen LogP contribution in [0.1, 0.15) is 34.6 Å². The Balaban J connectivity index is 4.33. The molecule has 0 saturated heterocycles. The number of likely N-dealkylation sites (N-methyl/N-ethyl adjacent to an activating group) is 1. The van der Waals surface area contributed by atoms with Crippen LogP contribution in [-0.4, -0.2) is 41.6 Å². The van der Waals surface area contributed by atoms with Crippen molar-refractivity contribution in [2.24, 2.45) is 11.3 Å². The van der Waals surface area contributed by atoms with E-state index in [-0.39, 0.29) is 11.4 Å². The number of nitrogens with zero attached hydrogens (tertiary/aromatic N) is 1. The molecule has 0 radical (unpaired) electrons. The van der Waals surface area contributed by atoms with Crippen LogP contribution in [-0.2, 0) is 4.79 Å². The Morgan fingerprint density at radius 3 is 2.12 bits per heavy atom. The van der Waals surface area contributed by atoms with Gasteiger partial charge in [0.2, 0.25) is 0 Å². The van der Waals surface area contributed by atoms with E-state index in [0.29, 0.717) is 12.5 Å². The van der Waals surface area contributed by atoms with E-state index in [1.54, 1.807) is 0 Å². The molecule has 0 fully saturated rings. The lowest BCUT2D eigenvalue weighted by molar-refractivity contribution is -0.141. The van der Waals surface area contributed by atoms with E-state index in [2.05, 4.69) is 33.0 Å². The van der Waals surface area contributed by atoms with E-state index in [4.69, 9.17) is 5.11 Å². The average Bonchev–Trinajstić information content (AvgIpc) is 2.23. The van der Waals surface area contributed by atoms with E-state index in [1.807, 2.05) is 0 Å². The van der Waals surface area contributed by atoms with Crippen molar-refractivity contribution >= 4 is 12.0 Å². The number of urea groups is 1. The molecule has 5 heteroatoms. The normalized spacial score (nSPS) is 13.4. The zero-order valence-electron chi connectivity index (χ0n) is 11.6. The van der Waals surface area contributed by atoms with Crippen molar-refractivity contribution in [3.05, 3.63) is 0 Å². The van der Waals surface area contributed by atoms with Gasteiger partial charge in [0.25, 0.3) is 0 Å². The van der Waals surface area contributed by atoms with Gasteiger partial charge >= 0.3 is 12.0 Å². The Labute approximate surface area is 103 Å². The van der Waals surface area contributed by atoms with Crippen molar-refractivity contribution in [3.63, 3.8) is 0 Å². The van der Waals surface area contributed by atoms with Crippen molar-refractivity contribution in [2.75, 3.05) is 13.6 Å². The first-order chi connectivity index (χ1) is 7.59. The van der Waals surface area contributed by atoms with Gasteiger partial charge in [-0.15, -0.1) is 0 Å². The SMILES string of the molecule is CC(C(=O)O)N(C)C(=O)NCC(C)(C)C(C)C. The summed E-state index contributed by atoms with van der Waals surface area (Å²) in [6, 6.07) is -1.18. The molecule has 0 aromatic carbocycles. The van der Waals surface area contributed by atoms with E-state index in [9.17, 15) is 9.59 Å². The quantitative estimate of drug-likeness (QED) is 0.774. The molecule has 1 unspecified atom stereocenters. The van der Waals surface area contributed by atoms with Crippen LogP contribution in [0.4, 0.5) is 4.79 Å². The van der Waals surface area contributed by atoms with E-state index in [0.717, 1.165) is 0 Å². The van der Waals surface area contributed by atoms with Gasteiger partial charge in [-0.3, -0.25) is 0 Å². The molecule has 0 aromatic heterocycles. The maximum Gasteiger partial charge on any atom is 0.326 e. The van der Waals surface area contributed by atoms with Crippen LogP contribution in [0.25, 0.3) is 0 Å². The van der Waals surface area contributed by atoms with Gasteiger partial charge in [-0.05, 0) is 18.3 Å². The molecule has 0 bridgehead atoms. The molecular formula is C12H24N2O3. The third-order valence-corrected chi connectivity index (χ3v) is 3.52. The lowest BCUT2D eigenvalue weighted by Gasteiger charge is -2.31. The van der Waals surface area contributed by atoms with Gasteiger partial charge in [-0.1, -0.05) is 27.7 Å². The van der Waals surface area contributed by atoms with Crippen LogP contribution in [0.5, 0.6) is 0 Å². The molecule has 5 nitrogen and oxygen atoms in total. The van der Waals surface area contributed by atoms with Gasteiger partial charge in [-0.25, -0.2) is 9.59 Å². The number of rotatable bonds is 5. The third-order valence-electron chi connectivity index (χ3n) is 3.52. The monoisotopic (exact) mass is 244 g/mol. The fourth-order valence-electron chi connectivity index (χ4n) is 0.974. The first-order valence-electron chi connectivity index (χ1n) is 5.83. The lowest BCUT2D eigenvalue weighted by atomic mass is 9.81. The molecule has 0 aliphatic carbocycles. The molecule has 17 heavy (non-hydrogen) atoms. The van der Waals surface area contributed by atoms with Crippen LogP contribution in [0.2, 0.25) is 0 Å². The standard InChI is InChI=1S/C12H24N2O3/c1-8(2)12(4,5)7-13-11(17)14(6)9(3)10(15)16/h8-9H,7H2,1-6H3,(H,13,17)(H,15,16). The fourth-order valence-corrected chi connectivity index (χ4v) is 0.974. The minimum atomic E-state index is -1.01. The van der Waals surface area contributed by atoms with Crippen LogP contribution in [0, 0.1) is 11.3 Å². The third kappa shape index (κ3) is 4.63. The lowest BCUT2D eigenvalue weighted by Crippen LogP contribution is -2.48. The number of carboxylic acid groups (broad SMARTS) is 1. The molecule has 0 spiro atoms. The summed E-state index contributed by atoms with van der Waals surface area (Å²) in [4.78, 5) is 23.6. The summed E-state index contributed by atoms with van der Waals surface area (Å²) in [5.41, 5.74) is -0.0110. The van der Waals surface area contributed by atoms with Gasteiger partial charge in [-0.2, -0.15) is 0 Å². The second-order valence-electron chi connectivity index (χ2n) is 5.43. The highest BCUT2D eigenvalue weighted by molar-refractivity contribution is 5.82. The number of hydrogen-bond donors (Lipinski definition) is 2. The predicted octanol–water partition coefficient (Wildman–Crippen LogP) is 1.78. The number of nitrogens with one attached hydrogen (secondary N) is 1. The zero-order valence-corrected chi connectivity index (χ0v) is 11.6. The van der Waals surface area contributed by atoms with Crippen molar-refractivity contribution in [2.45, 2.75) is 40.7 Å². The molecular weight excluding hydrogens is 220 g/mol. The second-order valence-corrected chi connectivity index (χ2v) is 5.43. The van der Waals surface area contributed by atoms with Gasteiger partial charge in [0.05, 0.1) is 0 Å². The number of aliphatic carboxylic acids is 1. The topological polar surface area (TPSA) is 69.6 Å². The predicted molar refractivity (Wildman–Crippen MR) is 66.9 cm³/mol. The highest BCUT2D eigenvalue weighted by Crippen LogP contribution is 2.24. The highest BCUT2D eigenvalue weighted by Gasteiger charge is 2.26. The van der Waals surface area contributed by atoms with Crippen molar-refractivity contribution in [1.29, 1.82) is 0 Å². The summed E-state index contributed by atoms with van der Waals surface area (Å²) in [7, 11) is 1.48. The highest BCUT2D eigenvalue weighted by atomic mass is 16.4. The second kappa shape index (κ2) is 5.89. The van der Waals surface area contributed by atoms with Crippen molar-refractivity contribution < 1.29 is 14.7 Å². The summed E-state index contributed by atoms with van der Waals surface area (Å²) in [5, 5.41) is 11.6. The molecule has 2 N–H and O–H groups in total. The number of carbonyl (C=O) groups excluding carboxylic acids is 1. The van der Waals surface area contributed by atoms with Crippen LogP contribution < -0.4 is 5.32 Å². The summed E-state index contributed by atoms with van der Waals surface area (Å²) < 4.78 is 0. The van der Waals surface area contributed by atoms with Gasteiger partial charge in [0.15, 0.2) is 0 Å². The molecule has 0 saturated carbocycles. The zero-order chi connectivity index (χ0) is 13.8. The van der Waals surface area contributed by atoms with Crippen molar-refractivity contribution in [1.82, 2.24) is 10.2 Å². The van der Waals surface area contributed by atoms with E-state index < -0.39 is 12.0 Å². The number of carbonyl (C=O) groups is 2. The Morgan fingerprint density at radius 1 is 1.29 bits per heavy atom. The summed E-state index contributed by atoms with van der Waals surface area (Å²) in [5.74, 6) is -0.573. The minimum Gasteiger partial charge on any atom is -0.480 e. The number of amides is 2. The van der Waals surface area contributed by atoms with Gasteiger partial charge < -0.3 is 15.3 Å². The molecule has 0 heterocycles. The largest absolute Gasteiger partial charge is 0.480 e. The van der Waals surface area contributed by atoms with Crippen LogP contribution in [0.15, 0.2) is 0 Å². The molecule has 0 aliphatic heterocycles. The Hall–Kier alpha value is -1.26. The summed E-state index contributed by atoms with van der Waals surface area (Å²) >= 11 is 0. The smallest absolute Gasteiger partial charge is 0.326 e. The molecule has 0 aromatic rings.